The van der Waals surface area contributed by atoms with Gasteiger partial charge in [0.2, 0.25) is 0 Å². The Morgan fingerprint density at radius 1 is 1.11 bits per heavy atom. The molecule has 4 heteroatoms. The molecule has 18 heavy (non-hydrogen) atoms. The van der Waals surface area contributed by atoms with Crippen LogP contribution in [0.5, 0.6) is 0 Å². The third kappa shape index (κ3) is 1.97. The van der Waals surface area contributed by atoms with Gasteiger partial charge in [0, 0.05) is 17.1 Å². The highest BCUT2D eigenvalue weighted by molar-refractivity contribution is 14.1. The van der Waals surface area contributed by atoms with Gasteiger partial charge in [0.15, 0.2) is 0 Å². The van der Waals surface area contributed by atoms with Crippen molar-refractivity contribution in [3.63, 3.8) is 0 Å². The average molecular weight is 413 g/mol. The van der Waals surface area contributed by atoms with Gasteiger partial charge in [0.25, 0.3) is 0 Å². The largest absolute Gasteiger partial charge is 0.342 e. The van der Waals surface area contributed by atoms with Gasteiger partial charge in [-0.15, -0.1) is 0 Å². The van der Waals surface area contributed by atoms with Crippen LogP contribution in [0, 0.1) is 0 Å². The number of fused-ring (bicyclic) bond motifs is 2. The fourth-order valence-corrected chi connectivity index (χ4v) is 3.16. The van der Waals surface area contributed by atoms with E-state index >= 15 is 0 Å². The predicted molar refractivity (Wildman–Crippen MR) is 88.9 cm³/mol. The number of rotatable bonds is 0. The maximum absolute atomic E-state index is 4.71. The van der Waals surface area contributed by atoms with E-state index in [4.69, 9.17) is 4.99 Å². The molecule has 2 aromatic rings. The Kier molecular flexibility index (Phi) is 3.15. The molecule has 0 N–H and O–H groups in total. The normalized spacial score (nSPS) is 13.5. The molecule has 0 amide bonds. The molecule has 0 bridgehead atoms. The van der Waals surface area contributed by atoms with Crippen LogP contribution in [0.3, 0.4) is 0 Å². The minimum Gasteiger partial charge on any atom is -0.342 e. The second kappa shape index (κ2) is 4.66. The van der Waals surface area contributed by atoms with E-state index in [2.05, 4.69) is 74.7 Å². The standard InChI is InChI=1S/C14H10BrIN2/c1-18-12-5-3-2-4-11(12)17-14(16)10-7-6-9(15)8-13(10)18/h2-8H,1H3. The van der Waals surface area contributed by atoms with Crippen LogP contribution >= 0.6 is 38.5 Å². The van der Waals surface area contributed by atoms with Crippen molar-refractivity contribution < 1.29 is 0 Å². The number of hydrogen-bond donors (Lipinski definition) is 0. The third-order valence-corrected chi connectivity index (χ3v) is 4.32. The highest BCUT2D eigenvalue weighted by atomic mass is 127. The van der Waals surface area contributed by atoms with E-state index in [9.17, 15) is 0 Å². The summed E-state index contributed by atoms with van der Waals surface area (Å²) in [6.07, 6.45) is 0. The smallest absolute Gasteiger partial charge is 0.111 e. The number of nitrogens with zero attached hydrogens (tertiary/aromatic N) is 2. The molecule has 1 heterocycles. The maximum Gasteiger partial charge on any atom is 0.111 e. The molecule has 3 rings (SSSR count). The summed E-state index contributed by atoms with van der Waals surface area (Å²) < 4.78 is 2.10. The summed E-state index contributed by atoms with van der Waals surface area (Å²) in [6.45, 7) is 0. The van der Waals surface area contributed by atoms with Crippen LogP contribution in [-0.2, 0) is 0 Å². The Morgan fingerprint density at radius 3 is 2.72 bits per heavy atom. The first-order chi connectivity index (χ1) is 8.66. The van der Waals surface area contributed by atoms with Gasteiger partial charge in [0.1, 0.15) is 3.72 Å². The number of halogens is 2. The van der Waals surface area contributed by atoms with Crippen LogP contribution in [0.25, 0.3) is 0 Å². The topological polar surface area (TPSA) is 15.6 Å². The second-order valence-electron chi connectivity index (χ2n) is 4.11. The first kappa shape index (κ1) is 12.2. The first-order valence-corrected chi connectivity index (χ1v) is 7.41. The van der Waals surface area contributed by atoms with E-state index in [1.54, 1.807) is 0 Å². The van der Waals surface area contributed by atoms with Crippen molar-refractivity contribution in [1.29, 1.82) is 0 Å². The summed E-state index contributed by atoms with van der Waals surface area (Å²) in [5, 5.41) is 0. The Labute approximate surface area is 128 Å². The van der Waals surface area contributed by atoms with Gasteiger partial charge in [-0.05, 0) is 52.9 Å². The van der Waals surface area contributed by atoms with Crippen LogP contribution < -0.4 is 4.90 Å². The lowest BCUT2D eigenvalue weighted by atomic mass is 10.1. The number of benzene rings is 2. The molecule has 0 saturated carbocycles. The molecule has 2 nitrogen and oxygen atoms in total. The molecular weight excluding hydrogens is 403 g/mol. The number of aliphatic imine (C=N–C) groups is 1. The van der Waals surface area contributed by atoms with E-state index in [-0.39, 0.29) is 0 Å². The van der Waals surface area contributed by atoms with E-state index < -0.39 is 0 Å². The Balaban J connectivity index is 2.31. The quantitative estimate of drug-likeness (QED) is 0.553. The van der Waals surface area contributed by atoms with E-state index in [1.165, 1.54) is 5.69 Å². The zero-order valence-electron chi connectivity index (χ0n) is 9.69. The molecule has 90 valence electrons. The van der Waals surface area contributed by atoms with E-state index in [1.807, 2.05) is 18.2 Å². The molecule has 1 aliphatic rings. The van der Waals surface area contributed by atoms with Gasteiger partial charge in [-0.25, -0.2) is 4.99 Å². The third-order valence-electron chi connectivity index (χ3n) is 3.01. The van der Waals surface area contributed by atoms with E-state index in [0.717, 1.165) is 25.1 Å². The Hall–Kier alpha value is -0.880. The van der Waals surface area contributed by atoms with Crippen LogP contribution in [0.4, 0.5) is 17.1 Å². The van der Waals surface area contributed by atoms with Gasteiger partial charge >= 0.3 is 0 Å². The van der Waals surface area contributed by atoms with Crippen molar-refractivity contribution in [3.05, 3.63) is 52.5 Å². The van der Waals surface area contributed by atoms with Crippen LogP contribution in [0.2, 0.25) is 0 Å². The van der Waals surface area contributed by atoms with Crippen molar-refractivity contribution in [2.45, 2.75) is 0 Å². The lowest BCUT2D eigenvalue weighted by molar-refractivity contribution is 1.21. The first-order valence-electron chi connectivity index (χ1n) is 5.53. The number of hydrogen-bond acceptors (Lipinski definition) is 2. The molecule has 2 aromatic carbocycles. The van der Waals surface area contributed by atoms with Gasteiger partial charge in [-0.3, -0.25) is 0 Å². The Bertz CT molecular complexity index is 652. The molecule has 0 saturated heterocycles. The second-order valence-corrected chi connectivity index (χ2v) is 6.05. The summed E-state index contributed by atoms with van der Waals surface area (Å²) in [6, 6.07) is 14.5. The fourth-order valence-electron chi connectivity index (χ4n) is 2.09. The summed E-state index contributed by atoms with van der Waals surface area (Å²) in [5.41, 5.74) is 4.47. The minimum absolute atomic E-state index is 1.01. The number of anilines is 2. The van der Waals surface area contributed by atoms with Crippen molar-refractivity contribution >= 4 is 59.3 Å². The van der Waals surface area contributed by atoms with Gasteiger partial charge in [-0.1, -0.05) is 28.1 Å². The molecule has 0 atom stereocenters. The zero-order valence-corrected chi connectivity index (χ0v) is 13.4. The van der Waals surface area contributed by atoms with E-state index in [0.29, 0.717) is 0 Å². The summed E-state index contributed by atoms with van der Waals surface area (Å²) in [4.78, 5) is 6.89. The lowest BCUT2D eigenvalue weighted by Crippen LogP contribution is -2.11. The predicted octanol–water partition coefficient (Wildman–Crippen LogP) is 5.04. The van der Waals surface area contributed by atoms with Crippen molar-refractivity contribution in [2.75, 3.05) is 11.9 Å². The highest BCUT2D eigenvalue weighted by Gasteiger charge is 2.18. The van der Waals surface area contributed by atoms with Crippen molar-refractivity contribution in [1.82, 2.24) is 0 Å². The molecule has 0 aliphatic carbocycles. The summed E-state index contributed by atoms with van der Waals surface area (Å²) in [7, 11) is 2.08. The molecule has 0 radical (unpaired) electrons. The number of para-hydroxylation sites is 2. The summed E-state index contributed by atoms with van der Waals surface area (Å²) >= 11 is 5.83. The Morgan fingerprint density at radius 2 is 1.89 bits per heavy atom. The molecule has 0 fully saturated rings. The maximum atomic E-state index is 4.71. The van der Waals surface area contributed by atoms with Crippen molar-refractivity contribution in [3.8, 4) is 0 Å². The molecule has 0 spiro atoms. The fraction of sp³-hybridized carbons (Fsp3) is 0.0714. The van der Waals surface area contributed by atoms with Crippen LogP contribution in [-0.4, -0.2) is 10.8 Å². The monoisotopic (exact) mass is 412 g/mol. The van der Waals surface area contributed by atoms with Crippen molar-refractivity contribution in [2.24, 2.45) is 4.99 Å². The minimum atomic E-state index is 1.01. The van der Waals surface area contributed by atoms with Gasteiger partial charge < -0.3 is 4.90 Å². The lowest BCUT2D eigenvalue weighted by Gasteiger charge is -2.21. The molecule has 1 aliphatic heterocycles. The highest BCUT2D eigenvalue weighted by Crippen LogP contribution is 2.40. The summed E-state index contributed by atoms with van der Waals surface area (Å²) in [5.74, 6) is 0. The van der Waals surface area contributed by atoms with Gasteiger partial charge in [0.05, 0.1) is 17.1 Å². The molecule has 0 aromatic heterocycles. The van der Waals surface area contributed by atoms with Crippen LogP contribution in [0.1, 0.15) is 5.56 Å². The van der Waals surface area contributed by atoms with Gasteiger partial charge in [-0.2, -0.15) is 0 Å². The SMILES string of the molecule is CN1c2ccccc2N=C(I)c2ccc(Br)cc21. The van der Waals surface area contributed by atoms with Crippen LogP contribution in [0.15, 0.2) is 51.9 Å². The molecular formula is C14H10BrIN2. The average Bonchev–Trinajstić information content (AvgIpc) is 2.47. The molecule has 0 unspecified atom stereocenters. The zero-order chi connectivity index (χ0) is 12.7.